The molecule has 2 aliphatic rings. The Morgan fingerprint density at radius 2 is 2.19 bits per heavy atom. The molecule has 0 aromatic heterocycles. The first-order valence-corrected chi connectivity index (χ1v) is 6.03. The molecule has 0 aliphatic carbocycles. The van der Waals surface area contributed by atoms with Gasteiger partial charge in [-0.1, -0.05) is 0 Å². The SMILES string of the molecule is CC(C)(O)C(=O)N1CCC2(CCCOC2)C1. The summed E-state index contributed by atoms with van der Waals surface area (Å²) in [5, 5.41) is 9.71. The Balaban J connectivity index is 1.99. The van der Waals surface area contributed by atoms with Gasteiger partial charge < -0.3 is 14.7 Å². The molecule has 92 valence electrons. The quantitative estimate of drug-likeness (QED) is 0.720. The van der Waals surface area contributed by atoms with Crippen LogP contribution in [0.4, 0.5) is 0 Å². The molecule has 2 fully saturated rings. The van der Waals surface area contributed by atoms with Gasteiger partial charge in [0.05, 0.1) is 6.61 Å². The molecule has 1 spiro atoms. The van der Waals surface area contributed by atoms with Crippen LogP contribution in [0.3, 0.4) is 0 Å². The van der Waals surface area contributed by atoms with Crippen molar-refractivity contribution < 1.29 is 14.6 Å². The van der Waals surface area contributed by atoms with Gasteiger partial charge in [0.1, 0.15) is 5.60 Å². The minimum atomic E-state index is -1.25. The third-order valence-electron chi connectivity index (χ3n) is 3.65. The van der Waals surface area contributed by atoms with Gasteiger partial charge in [0.2, 0.25) is 0 Å². The van der Waals surface area contributed by atoms with Crippen LogP contribution in [0.2, 0.25) is 0 Å². The monoisotopic (exact) mass is 227 g/mol. The molecule has 1 amide bonds. The number of aliphatic hydroxyl groups is 1. The third-order valence-corrected chi connectivity index (χ3v) is 3.65. The lowest BCUT2D eigenvalue weighted by molar-refractivity contribution is -0.147. The van der Waals surface area contributed by atoms with Crippen LogP contribution < -0.4 is 0 Å². The minimum absolute atomic E-state index is 0.157. The van der Waals surface area contributed by atoms with Gasteiger partial charge in [-0.3, -0.25) is 4.79 Å². The number of amides is 1. The number of hydrogen-bond donors (Lipinski definition) is 1. The van der Waals surface area contributed by atoms with Gasteiger partial charge in [0, 0.05) is 25.1 Å². The highest BCUT2D eigenvalue weighted by Crippen LogP contribution is 2.38. The van der Waals surface area contributed by atoms with Crippen LogP contribution in [0, 0.1) is 5.41 Å². The van der Waals surface area contributed by atoms with Crippen LogP contribution in [0.15, 0.2) is 0 Å². The Bertz CT molecular complexity index is 276. The summed E-state index contributed by atoms with van der Waals surface area (Å²) in [7, 11) is 0. The smallest absolute Gasteiger partial charge is 0.253 e. The predicted molar refractivity (Wildman–Crippen MR) is 60.0 cm³/mol. The van der Waals surface area contributed by atoms with E-state index in [1.165, 1.54) is 0 Å². The Morgan fingerprint density at radius 1 is 1.44 bits per heavy atom. The maximum atomic E-state index is 11.9. The number of ether oxygens (including phenoxy) is 1. The van der Waals surface area contributed by atoms with E-state index in [0.29, 0.717) is 0 Å². The molecule has 16 heavy (non-hydrogen) atoms. The highest BCUT2D eigenvalue weighted by Gasteiger charge is 2.43. The fourth-order valence-corrected chi connectivity index (χ4v) is 2.73. The summed E-state index contributed by atoms with van der Waals surface area (Å²) in [5.74, 6) is -0.157. The van der Waals surface area contributed by atoms with Gasteiger partial charge in [-0.25, -0.2) is 0 Å². The molecule has 2 heterocycles. The van der Waals surface area contributed by atoms with Gasteiger partial charge in [-0.15, -0.1) is 0 Å². The molecule has 0 aromatic carbocycles. The first kappa shape index (κ1) is 11.9. The van der Waals surface area contributed by atoms with E-state index in [9.17, 15) is 9.90 Å². The largest absolute Gasteiger partial charge is 0.381 e. The standard InChI is InChI=1S/C12H21NO3/c1-11(2,15)10(14)13-6-5-12(8-13)4-3-7-16-9-12/h15H,3-9H2,1-2H3. The number of likely N-dealkylation sites (tertiary alicyclic amines) is 1. The van der Waals surface area contributed by atoms with E-state index < -0.39 is 5.60 Å². The zero-order valence-corrected chi connectivity index (χ0v) is 10.2. The van der Waals surface area contributed by atoms with Crippen LogP contribution >= 0.6 is 0 Å². The Kier molecular flexibility index (Phi) is 2.97. The molecule has 0 saturated carbocycles. The summed E-state index contributed by atoms with van der Waals surface area (Å²) in [6.45, 7) is 6.22. The van der Waals surface area contributed by atoms with Crippen LogP contribution in [0.25, 0.3) is 0 Å². The Labute approximate surface area is 96.6 Å². The maximum absolute atomic E-state index is 11.9. The molecule has 2 rings (SSSR count). The first-order valence-electron chi connectivity index (χ1n) is 6.03. The number of carbonyl (C=O) groups excluding carboxylic acids is 1. The van der Waals surface area contributed by atoms with E-state index >= 15 is 0 Å². The molecule has 0 aromatic rings. The summed E-state index contributed by atoms with van der Waals surface area (Å²) in [6.07, 6.45) is 3.24. The van der Waals surface area contributed by atoms with Crippen molar-refractivity contribution in [3.8, 4) is 0 Å². The second kappa shape index (κ2) is 4.00. The van der Waals surface area contributed by atoms with Crippen molar-refractivity contribution in [1.82, 2.24) is 4.90 Å². The van der Waals surface area contributed by atoms with Crippen LogP contribution in [-0.2, 0) is 9.53 Å². The molecule has 4 heteroatoms. The molecule has 2 saturated heterocycles. The minimum Gasteiger partial charge on any atom is -0.381 e. The van der Waals surface area contributed by atoms with E-state index in [2.05, 4.69) is 0 Å². The maximum Gasteiger partial charge on any atom is 0.253 e. The highest BCUT2D eigenvalue weighted by molar-refractivity contribution is 5.84. The number of hydrogen-bond acceptors (Lipinski definition) is 3. The predicted octanol–water partition coefficient (Wildman–Crippen LogP) is 0.786. The second-order valence-electron chi connectivity index (χ2n) is 5.69. The van der Waals surface area contributed by atoms with E-state index in [0.717, 1.165) is 45.6 Å². The zero-order chi connectivity index (χ0) is 11.8. The van der Waals surface area contributed by atoms with Gasteiger partial charge in [-0.2, -0.15) is 0 Å². The van der Waals surface area contributed by atoms with Crippen molar-refractivity contribution in [2.45, 2.75) is 38.7 Å². The van der Waals surface area contributed by atoms with Gasteiger partial charge in [-0.05, 0) is 33.1 Å². The van der Waals surface area contributed by atoms with Crippen molar-refractivity contribution in [3.05, 3.63) is 0 Å². The molecular weight excluding hydrogens is 206 g/mol. The Hall–Kier alpha value is -0.610. The summed E-state index contributed by atoms with van der Waals surface area (Å²) >= 11 is 0. The number of carbonyl (C=O) groups is 1. The van der Waals surface area contributed by atoms with Crippen molar-refractivity contribution >= 4 is 5.91 Å². The van der Waals surface area contributed by atoms with Gasteiger partial charge in [0.15, 0.2) is 0 Å². The molecule has 2 aliphatic heterocycles. The first-order chi connectivity index (χ1) is 7.43. The summed E-state index contributed by atoms with van der Waals surface area (Å²) < 4.78 is 5.52. The van der Waals surface area contributed by atoms with Crippen LogP contribution in [-0.4, -0.2) is 47.8 Å². The van der Waals surface area contributed by atoms with Crippen LogP contribution in [0.1, 0.15) is 33.1 Å². The third kappa shape index (κ3) is 2.23. The van der Waals surface area contributed by atoms with Gasteiger partial charge >= 0.3 is 0 Å². The van der Waals surface area contributed by atoms with Crippen molar-refractivity contribution in [1.29, 1.82) is 0 Å². The summed E-state index contributed by atoms with van der Waals surface area (Å²) in [5.41, 5.74) is -1.08. The topological polar surface area (TPSA) is 49.8 Å². The zero-order valence-electron chi connectivity index (χ0n) is 10.2. The van der Waals surface area contributed by atoms with E-state index in [1.807, 2.05) is 0 Å². The summed E-state index contributed by atoms with van der Waals surface area (Å²) in [4.78, 5) is 13.7. The fourth-order valence-electron chi connectivity index (χ4n) is 2.73. The average Bonchev–Trinajstić information content (AvgIpc) is 2.61. The molecule has 1 N–H and O–H groups in total. The van der Waals surface area contributed by atoms with Crippen molar-refractivity contribution in [2.24, 2.45) is 5.41 Å². The average molecular weight is 227 g/mol. The fraction of sp³-hybridized carbons (Fsp3) is 0.917. The molecular formula is C12H21NO3. The molecule has 0 radical (unpaired) electrons. The molecule has 1 atom stereocenters. The van der Waals surface area contributed by atoms with E-state index in [1.54, 1.807) is 18.7 Å². The lowest BCUT2D eigenvalue weighted by Crippen LogP contribution is -2.45. The van der Waals surface area contributed by atoms with E-state index in [-0.39, 0.29) is 11.3 Å². The van der Waals surface area contributed by atoms with Crippen LogP contribution in [0.5, 0.6) is 0 Å². The summed E-state index contributed by atoms with van der Waals surface area (Å²) in [6, 6.07) is 0. The van der Waals surface area contributed by atoms with E-state index in [4.69, 9.17) is 4.74 Å². The van der Waals surface area contributed by atoms with Gasteiger partial charge in [0.25, 0.3) is 5.91 Å². The molecule has 4 nitrogen and oxygen atoms in total. The van der Waals surface area contributed by atoms with Crippen molar-refractivity contribution in [3.63, 3.8) is 0 Å². The lowest BCUT2D eigenvalue weighted by atomic mass is 9.82. The lowest BCUT2D eigenvalue weighted by Gasteiger charge is -2.33. The second-order valence-corrected chi connectivity index (χ2v) is 5.69. The normalized spacial score (nSPS) is 31.1. The van der Waals surface area contributed by atoms with Crippen molar-refractivity contribution in [2.75, 3.05) is 26.3 Å². The Morgan fingerprint density at radius 3 is 2.75 bits per heavy atom. The highest BCUT2D eigenvalue weighted by atomic mass is 16.5. The number of nitrogens with zero attached hydrogens (tertiary/aromatic N) is 1. The number of rotatable bonds is 1. The molecule has 1 unspecified atom stereocenters. The molecule has 0 bridgehead atoms.